The van der Waals surface area contributed by atoms with Gasteiger partial charge in [0.1, 0.15) is 29.8 Å². The number of aliphatic hydroxyl groups is 1. The number of hydrogen-bond acceptors (Lipinski definition) is 9. The first kappa shape index (κ1) is 48.7. The third-order valence-electron chi connectivity index (χ3n) is 11.0. The van der Waals surface area contributed by atoms with Crippen molar-refractivity contribution in [3.63, 3.8) is 0 Å². The summed E-state index contributed by atoms with van der Waals surface area (Å²) >= 11 is 0. The number of rotatable bonds is 7. The van der Waals surface area contributed by atoms with E-state index in [0.717, 1.165) is 22.3 Å². The highest BCUT2D eigenvalue weighted by Crippen LogP contribution is 2.31. The lowest BCUT2D eigenvalue weighted by molar-refractivity contribution is -0.134. The predicted molar refractivity (Wildman–Crippen MR) is 239 cm³/mol. The van der Waals surface area contributed by atoms with Gasteiger partial charge in [0.2, 0.25) is 35.4 Å². The molecule has 3 aromatic carbocycles. The summed E-state index contributed by atoms with van der Waals surface area (Å²) in [6.45, 7) is 5.62. The Labute approximate surface area is 374 Å². The zero-order valence-electron chi connectivity index (χ0n) is 37.0. The van der Waals surface area contributed by atoms with Crippen molar-refractivity contribution in [3.8, 4) is 0 Å². The maximum absolute atomic E-state index is 14.5. The molecule has 5 rings (SSSR count). The second-order valence-electron chi connectivity index (χ2n) is 17.4. The molecule has 1 aliphatic carbocycles. The van der Waals surface area contributed by atoms with Crippen LogP contribution in [0.25, 0.3) is 0 Å². The summed E-state index contributed by atoms with van der Waals surface area (Å²) in [6, 6.07) is 20.1. The molecule has 0 bridgehead atoms. The van der Waals surface area contributed by atoms with E-state index in [4.69, 9.17) is 4.74 Å². The van der Waals surface area contributed by atoms with E-state index in [9.17, 15) is 38.7 Å². The highest BCUT2D eigenvalue weighted by atomic mass is 16.6. The Hall–Kier alpha value is -6.29. The normalized spacial score (nSPS) is 23.7. The average Bonchev–Trinajstić information content (AvgIpc) is 3.57. The van der Waals surface area contributed by atoms with Crippen LogP contribution in [0.3, 0.4) is 0 Å². The molecule has 1 fully saturated rings. The highest BCUT2D eigenvalue weighted by molar-refractivity contribution is 5.95. The standard InChI is InChI=1S/C48H63N7O9/c1-48(2,3)64-47(63)54-36-23-13-15-27-50-41(58)25-24-40(57)49-26-14-12-22-35(44(60)55-42-34-21-11-10-20-33(34)30-39(42)56)51-45(61)37(28-31-16-6-4-7-17-31)53-46(62)38(52-43(36)59)29-32-18-8-5-9-19-32/h4-11,16-21,35-39,42,56H,12-15,22-30H2,1-3H3,(H,49,57)(H,50,58)(H,51,61)(H,52,59)(H,53,62)(H,54,63)(H,55,60)/t35-,36?,37-,38?,39+,42-/m0/s1. The summed E-state index contributed by atoms with van der Waals surface area (Å²) in [5, 5.41) is 30.7. The summed E-state index contributed by atoms with van der Waals surface area (Å²) in [5.74, 6) is -3.15. The molecule has 16 nitrogen and oxygen atoms in total. The highest BCUT2D eigenvalue weighted by Gasteiger charge is 2.36. The summed E-state index contributed by atoms with van der Waals surface area (Å²) in [4.78, 5) is 95.4. The summed E-state index contributed by atoms with van der Waals surface area (Å²) in [7, 11) is 0. The maximum Gasteiger partial charge on any atom is 0.408 e. The molecule has 8 N–H and O–H groups in total. The fraction of sp³-hybridized carbons (Fsp3) is 0.479. The Morgan fingerprint density at radius 2 is 1.17 bits per heavy atom. The molecule has 2 unspecified atom stereocenters. The molecule has 0 spiro atoms. The number of ether oxygens (including phenoxy) is 1. The van der Waals surface area contributed by atoms with Gasteiger partial charge < -0.3 is 47.1 Å². The minimum atomic E-state index is -1.22. The third-order valence-corrected chi connectivity index (χ3v) is 11.0. The molecule has 16 heteroatoms. The Kier molecular flexibility index (Phi) is 18.2. The van der Waals surface area contributed by atoms with Crippen molar-refractivity contribution in [1.29, 1.82) is 0 Å². The first-order valence-corrected chi connectivity index (χ1v) is 22.2. The quantitative estimate of drug-likeness (QED) is 0.174. The molecule has 64 heavy (non-hydrogen) atoms. The van der Waals surface area contributed by atoms with Gasteiger partial charge in [-0.25, -0.2) is 4.79 Å². The lowest BCUT2D eigenvalue weighted by Gasteiger charge is -2.28. The number of nitrogens with one attached hydrogen (secondary N) is 7. The summed E-state index contributed by atoms with van der Waals surface area (Å²) < 4.78 is 5.46. The SMILES string of the molecule is CC(C)(C)OC(=O)NC1CCCCNC(=O)CCC(=O)NCCCC[C@@H](C(=O)N[C@H]2c3ccccc3C[C@H]2O)NC(=O)[C@H](Cc2ccccc2)NC(=O)C(Cc2ccccc2)NC1=O. The van der Waals surface area contributed by atoms with E-state index in [0.29, 0.717) is 32.1 Å². The van der Waals surface area contributed by atoms with Crippen molar-refractivity contribution in [3.05, 3.63) is 107 Å². The molecule has 1 aliphatic heterocycles. The van der Waals surface area contributed by atoms with Crippen LogP contribution in [0.15, 0.2) is 84.9 Å². The number of fused-ring (bicyclic) bond motifs is 1. The van der Waals surface area contributed by atoms with Crippen LogP contribution in [-0.4, -0.2) is 95.6 Å². The van der Waals surface area contributed by atoms with E-state index in [1.54, 1.807) is 57.2 Å². The van der Waals surface area contributed by atoms with E-state index in [2.05, 4.69) is 37.2 Å². The van der Waals surface area contributed by atoms with E-state index in [1.165, 1.54) is 0 Å². The molecule has 0 saturated carbocycles. The minimum Gasteiger partial charge on any atom is -0.444 e. The zero-order valence-corrected chi connectivity index (χ0v) is 37.0. The van der Waals surface area contributed by atoms with Crippen molar-refractivity contribution in [1.82, 2.24) is 37.2 Å². The van der Waals surface area contributed by atoms with Gasteiger partial charge in [-0.3, -0.25) is 28.8 Å². The van der Waals surface area contributed by atoms with Gasteiger partial charge in [0.05, 0.1) is 12.1 Å². The lowest BCUT2D eigenvalue weighted by Crippen LogP contribution is -2.59. The second kappa shape index (κ2) is 24.0. The van der Waals surface area contributed by atoms with Gasteiger partial charge in [-0.15, -0.1) is 0 Å². The minimum absolute atomic E-state index is 0.0289. The van der Waals surface area contributed by atoms with Gasteiger partial charge in [-0.2, -0.15) is 0 Å². The monoisotopic (exact) mass is 881 g/mol. The van der Waals surface area contributed by atoms with Crippen LogP contribution in [0.2, 0.25) is 0 Å². The van der Waals surface area contributed by atoms with Crippen LogP contribution in [0, 0.1) is 0 Å². The molecule has 7 amide bonds. The van der Waals surface area contributed by atoms with Gasteiger partial charge in [0.25, 0.3) is 0 Å². The Morgan fingerprint density at radius 1 is 0.656 bits per heavy atom. The smallest absolute Gasteiger partial charge is 0.408 e. The van der Waals surface area contributed by atoms with E-state index in [1.807, 2.05) is 48.5 Å². The first-order chi connectivity index (χ1) is 30.6. The number of hydrogen-bond donors (Lipinski definition) is 8. The molecule has 1 saturated heterocycles. The van der Waals surface area contributed by atoms with Crippen molar-refractivity contribution in [2.75, 3.05) is 13.1 Å². The number of aliphatic hydroxyl groups excluding tert-OH is 1. The van der Waals surface area contributed by atoms with Gasteiger partial charge in [0.15, 0.2) is 0 Å². The number of carbonyl (C=O) groups excluding carboxylic acids is 7. The Bertz CT molecular complexity index is 2060. The van der Waals surface area contributed by atoms with Gasteiger partial charge in [0, 0.05) is 45.2 Å². The van der Waals surface area contributed by atoms with E-state index < -0.39 is 71.6 Å². The molecular formula is C48H63N7O9. The average molecular weight is 882 g/mol. The van der Waals surface area contributed by atoms with Gasteiger partial charge in [-0.05, 0) is 81.5 Å². The zero-order chi connectivity index (χ0) is 46.1. The second-order valence-corrected chi connectivity index (χ2v) is 17.4. The van der Waals surface area contributed by atoms with E-state index in [-0.39, 0.29) is 63.4 Å². The number of carbonyl (C=O) groups is 7. The Balaban J connectivity index is 1.44. The number of benzene rings is 3. The van der Waals surface area contributed by atoms with Gasteiger partial charge in [-0.1, -0.05) is 84.9 Å². The molecule has 2 aliphatic rings. The van der Waals surface area contributed by atoms with Crippen molar-refractivity contribution >= 4 is 41.5 Å². The van der Waals surface area contributed by atoms with Crippen LogP contribution in [0.4, 0.5) is 4.79 Å². The largest absolute Gasteiger partial charge is 0.444 e. The molecule has 0 aromatic heterocycles. The Morgan fingerprint density at radius 3 is 1.75 bits per heavy atom. The van der Waals surface area contributed by atoms with E-state index >= 15 is 0 Å². The predicted octanol–water partition coefficient (Wildman–Crippen LogP) is 2.96. The molecular weight excluding hydrogens is 819 g/mol. The first-order valence-electron chi connectivity index (χ1n) is 22.2. The van der Waals surface area contributed by atoms with Crippen molar-refractivity contribution in [2.45, 2.75) is 133 Å². The molecule has 0 radical (unpaired) electrons. The van der Waals surface area contributed by atoms with Crippen LogP contribution < -0.4 is 37.2 Å². The summed E-state index contributed by atoms with van der Waals surface area (Å²) in [5.41, 5.74) is 2.26. The lowest BCUT2D eigenvalue weighted by atomic mass is 10.0. The summed E-state index contributed by atoms with van der Waals surface area (Å²) in [6.07, 6.45) is 0.655. The fourth-order valence-corrected chi connectivity index (χ4v) is 7.73. The molecule has 3 aromatic rings. The third kappa shape index (κ3) is 15.8. The van der Waals surface area contributed by atoms with Crippen LogP contribution in [0.1, 0.15) is 100 Å². The van der Waals surface area contributed by atoms with Crippen molar-refractivity contribution < 1.29 is 43.4 Å². The van der Waals surface area contributed by atoms with Gasteiger partial charge >= 0.3 is 6.09 Å². The van der Waals surface area contributed by atoms with Crippen molar-refractivity contribution in [2.24, 2.45) is 0 Å². The topological polar surface area (TPSA) is 233 Å². The molecule has 1 heterocycles. The van der Waals surface area contributed by atoms with Crippen LogP contribution >= 0.6 is 0 Å². The molecule has 344 valence electrons. The molecule has 6 atom stereocenters. The number of alkyl carbamates (subject to hydrolysis) is 1. The van der Waals surface area contributed by atoms with Crippen LogP contribution in [0.5, 0.6) is 0 Å². The number of amides is 7. The van der Waals surface area contributed by atoms with Crippen LogP contribution in [-0.2, 0) is 52.8 Å². The fourth-order valence-electron chi connectivity index (χ4n) is 7.73. The maximum atomic E-state index is 14.5.